The van der Waals surface area contributed by atoms with Crippen LogP contribution in [0.3, 0.4) is 0 Å². The van der Waals surface area contributed by atoms with Crippen LogP contribution in [-0.4, -0.2) is 17.1 Å². The number of nitrogens with two attached hydrogens (primary N) is 1. The van der Waals surface area contributed by atoms with E-state index in [4.69, 9.17) is 5.73 Å². The zero-order chi connectivity index (χ0) is 10.4. The number of nitrogens with zero attached hydrogens (tertiary/aromatic N) is 1. The first kappa shape index (κ1) is 11.6. The lowest BCUT2D eigenvalue weighted by Crippen LogP contribution is -2.34. The van der Waals surface area contributed by atoms with Gasteiger partial charge in [0.15, 0.2) is 0 Å². The molecular weight excluding hydrogens is 180 g/mol. The summed E-state index contributed by atoms with van der Waals surface area (Å²) in [7, 11) is 0. The molecule has 0 aromatic carbocycles. The minimum atomic E-state index is -1.22. The van der Waals surface area contributed by atoms with E-state index in [2.05, 4.69) is 9.88 Å². The molecule has 0 saturated heterocycles. The minimum absolute atomic E-state index is 0.207. The van der Waals surface area contributed by atoms with E-state index in [-0.39, 0.29) is 5.92 Å². The van der Waals surface area contributed by atoms with Gasteiger partial charge in [0, 0.05) is 0 Å². The van der Waals surface area contributed by atoms with Crippen LogP contribution in [-0.2, 0) is 14.7 Å². The number of hydrogen-bond donors (Lipinski definition) is 1. The zero-order valence-electron chi connectivity index (χ0n) is 7.43. The highest BCUT2D eigenvalue weighted by Crippen LogP contribution is 2.03. The van der Waals surface area contributed by atoms with Crippen molar-refractivity contribution in [2.45, 2.75) is 26.3 Å². The maximum absolute atomic E-state index is 10.8. The van der Waals surface area contributed by atoms with Gasteiger partial charge in [-0.3, -0.25) is 4.89 Å². The minimum Gasteiger partial charge on any atom is -0.318 e. The number of carbonyl (C=O) groups is 1. The Morgan fingerprint density at radius 1 is 1.62 bits per heavy atom. The van der Waals surface area contributed by atoms with Gasteiger partial charge in [-0.15, -0.1) is 10.1 Å². The third kappa shape index (κ3) is 5.85. The quantitative estimate of drug-likeness (QED) is 0.374. The first-order valence-electron chi connectivity index (χ1n) is 3.72. The van der Waals surface area contributed by atoms with Gasteiger partial charge >= 0.3 is 11.1 Å². The van der Waals surface area contributed by atoms with E-state index in [1.807, 2.05) is 13.8 Å². The van der Waals surface area contributed by atoms with Gasteiger partial charge in [0.05, 0.1) is 0 Å². The van der Waals surface area contributed by atoms with Crippen molar-refractivity contribution in [1.29, 1.82) is 0 Å². The highest BCUT2D eigenvalue weighted by molar-refractivity contribution is 5.74. The summed E-state index contributed by atoms with van der Waals surface area (Å²) in [5, 5.41) is 8.39. The Morgan fingerprint density at radius 3 is 2.54 bits per heavy atom. The standard InChI is InChI=1S/C6H12N2O5/c1-4(2)3-5(7)6(9)12-13-8(10)11/h4-5H,3,7H2,1-2H3/t5-/m0/s1. The molecule has 0 aliphatic rings. The molecule has 0 heterocycles. The van der Waals surface area contributed by atoms with E-state index < -0.39 is 17.1 Å². The van der Waals surface area contributed by atoms with Crippen molar-refractivity contribution in [1.82, 2.24) is 0 Å². The summed E-state index contributed by atoms with van der Waals surface area (Å²) >= 11 is 0. The first-order valence-corrected chi connectivity index (χ1v) is 3.72. The van der Waals surface area contributed by atoms with Gasteiger partial charge in [0.2, 0.25) is 0 Å². The Labute approximate surface area is 74.8 Å². The SMILES string of the molecule is CC(C)C[C@H](N)C(=O)OO[N+](=O)[O-]. The van der Waals surface area contributed by atoms with Gasteiger partial charge in [0.1, 0.15) is 6.04 Å². The van der Waals surface area contributed by atoms with Crippen molar-refractivity contribution in [3.05, 3.63) is 10.1 Å². The number of hydrogen-bond acceptors (Lipinski definition) is 6. The molecule has 7 nitrogen and oxygen atoms in total. The molecule has 0 aliphatic heterocycles. The molecule has 0 radical (unpaired) electrons. The molecule has 0 rings (SSSR count). The monoisotopic (exact) mass is 192 g/mol. The van der Waals surface area contributed by atoms with Crippen LogP contribution in [0.4, 0.5) is 0 Å². The summed E-state index contributed by atoms with van der Waals surface area (Å²) in [6, 6.07) is -0.889. The van der Waals surface area contributed by atoms with Crippen LogP contribution in [0, 0.1) is 16.0 Å². The van der Waals surface area contributed by atoms with E-state index in [9.17, 15) is 14.9 Å². The third-order valence-electron chi connectivity index (χ3n) is 1.21. The second-order valence-electron chi connectivity index (χ2n) is 2.94. The Kier molecular flexibility index (Phi) is 4.75. The molecule has 2 N–H and O–H groups in total. The summed E-state index contributed by atoms with van der Waals surface area (Å²) in [5.41, 5.74) is 5.33. The first-order chi connectivity index (χ1) is 5.93. The van der Waals surface area contributed by atoms with Crippen molar-refractivity contribution in [2.75, 3.05) is 0 Å². The van der Waals surface area contributed by atoms with Gasteiger partial charge in [-0.25, -0.2) is 4.79 Å². The van der Waals surface area contributed by atoms with Crippen LogP contribution in [0.5, 0.6) is 0 Å². The Hall–Kier alpha value is -1.37. The molecule has 0 amide bonds. The average Bonchev–Trinajstić information content (AvgIpc) is 1.98. The maximum atomic E-state index is 10.8. The third-order valence-corrected chi connectivity index (χ3v) is 1.21. The highest BCUT2D eigenvalue weighted by atomic mass is 17.3. The van der Waals surface area contributed by atoms with Crippen LogP contribution >= 0.6 is 0 Å². The summed E-state index contributed by atoms with van der Waals surface area (Å²) in [6.45, 7) is 3.73. The summed E-state index contributed by atoms with van der Waals surface area (Å²) < 4.78 is 0. The van der Waals surface area contributed by atoms with Crippen LogP contribution in [0.1, 0.15) is 20.3 Å². The van der Waals surface area contributed by atoms with Gasteiger partial charge in [0.25, 0.3) is 0 Å². The molecular formula is C6H12N2O5. The lowest BCUT2D eigenvalue weighted by Gasteiger charge is -2.10. The molecule has 13 heavy (non-hydrogen) atoms. The van der Waals surface area contributed by atoms with E-state index in [1.165, 1.54) is 0 Å². The van der Waals surface area contributed by atoms with Crippen molar-refractivity contribution in [2.24, 2.45) is 11.7 Å². The number of rotatable bonds is 5. The van der Waals surface area contributed by atoms with Crippen LogP contribution in [0.2, 0.25) is 0 Å². The molecule has 7 heteroatoms. The van der Waals surface area contributed by atoms with Crippen LogP contribution in [0.25, 0.3) is 0 Å². The molecule has 0 fully saturated rings. The van der Waals surface area contributed by atoms with Crippen molar-refractivity contribution >= 4 is 5.97 Å². The summed E-state index contributed by atoms with van der Waals surface area (Å²) in [5.74, 6) is -0.733. The molecule has 0 saturated carbocycles. The van der Waals surface area contributed by atoms with Gasteiger partial charge in [-0.1, -0.05) is 18.8 Å². The second kappa shape index (κ2) is 5.31. The molecule has 76 valence electrons. The second-order valence-corrected chi connectivity index (χ2v) is 2.94. The zero-order valence-corrected chi connectivity index (χ0v) is 7.43. The fourth-order valence-electron chi connectivity index (χ4n) is 0.733. The fraction of sp³-hybridized carbons (Fsp3) is 0.833. The van der Waals surface area contributed by atoms with Crippen molar-refractivity contribution in [3.63, 3.8) is 0 Å². The molecule has 0 bridgehead atoms. The Balaban J connectivity index is 3.76. The fourth-order valence-corrected chi connectivity index (χ4v) is 0.733. The highest BCUT2D eigenvalue weighted by Gasteiger charge is 2.18. The van der Waals surface area contributed by atoms with E-state index in [0.717, 1.165) is 0 Å². The molecule has 0 spiro atoms. The van der Waals surface area contributed by atoms with Gasteiger partial charge in [-0.2, -0.15) is 0 Å². The smallest absolute Gasteiger partial charge is 0.318 e. The Bertz CT molecular complexity index is 193. The Morgan fingerprint density at radius 2 is 2.15 bits per heavy atom. The predicted molar refractivity (Wildman–Crippen MR) is 41.6 cm³/mol. The van der Waals surface area contributed by atoms with Gasteiger partial charge in [-0.05, 0) is 12.3 Å². The maximum Gasteiger partial charge on any atom is 0.359 e. The lowest BCUT2D eigenvalue weighted by molar-refractivity contribution is -0.839. The molecule has 0 aromatic heterocycles. The molecule has 0 aromatic rings. The average molecular weight is 192 g/mol. The predicted octanol–water partition coefficient (Wildman–Crippen LogP) is 0.0263. The molecule has 1 atom stereocenters. The molecule has 0 unspecified atom stereocenters. The van der Waals surface area contributed by atoms with Crippen LogP contribution < -0.4 is 5.73 Å². The summed E-state index contributed by atoms with van der Waals surface area (Å²) in [6.07, 6.45) is 0.389. The largest absolute Gasteiger partial charge is 0.359 e. The van der Waals surface area contributed by atoms with E-state index in [1.54, 1.807) is 0 Å². The van der Waals surface area contributed by atoms with E-state index in [0.29, 0.717) is 6.42 Å². The summed E-state index contributed by atoms with van der Waals surface area (Å²) in [4.78, 5) is 27.6. The lowest BCUT2D eigenvalue weighted by atomic mass is 10.1. The van der Waals surface area contributed by atoms with Crippen LogP contribution in [0.15, 0.2) is 0 Å². The molecule has 0 aliphatic carbocycles. The van der Waals surface area contributed by atoms with Gasteiger partial charge < -0.3 is 5.73 Å². The van der Waals surface area contributed by atoms with Crippen molar-refractivity contribution < 1.29 is 19.8 Å². The normalized spacial score (nSPS) is 12.3. The topological polar surface area (TPSA) is 105 Å². The van der Waals surface area contributed by atoms with E-state index >= 15 is 0 Å². The number of carbonyl (C=O) groups excluding carboxylic acids is 1. The van der Waals surface area contributed by atoms with Crippen molar-refractivity contribution in [3.8, 4) is 0 Å².